The van der Waals surface area contributed by atoms with Crippen LogP contribution in [0.2, 0.25) is 0 Å². The van der Waals surface area contributed by atoms with Crippen molar-refractivity contribution < 1.29 is 9.47 Å². The van der Waals surface area contributed by atoms with E-state index in [-0.39, 0.29) is 12.1 Å². The van der Waals surface area contributed by atoms with E-state index in [4.69, 9.17) is 15.2 Å². The zero-order valence-corrected chi connectivity index (χ0v) is 8.93. The molecule has 0 amide bonds. The van der Waals surface area contributed by atoms with Gasteiger partial charge in [-0.1, -0.05) is 0 Å². The zero-order chi connectivity index (χ0) is 10.8. The second kappa shape index (κ2) is 4.02. The Balaban J connectivity index is 2.07. The number of ether oxygens (including phenoxy) is 2. The highest BCUT2D eigenvalue weighted by Crippen LogP contribution is 2.28. The summed E-state index contributed by atoms with van der Waals surface area (Å²) in [4.78, 5) is 8.07. The third-order valence-corrected chi connectivity index (χ3v) is 2.59. The summed E-state index contributed by atoms with van der Waals surface area (Å²) in [7, 11) is 1.58. The second-order valence-electron chi connectivity index (χ2n) is 3.78. The van der Waals surface area contributed by atoms with Crippen LogP contribution in [0.3, 0.4) is 0 Å². The minimum absolute atomic E-state index is 0.193. The van der Waals surface area contributed by atoms with Crippen molar-refractivity contribution in [3.63, 3.8) is 0 Å². The van der Waals surface area contributed by atoms with Crippen LogP contribution in [0, 0.1) is 6.92 Å². The van der Waals surface area contributed by atoms with E-state index in [0.717, 1.165) is 18.4 Å². The van der Waals surface area contributed by atoms with Crippen LogP contribution < -0.4 is 15.2 Å². The Morgan fingerprint density at radius 1 is 1.33 bits per heavy atom. The maximum Gasteiger partial charge on any atom is 0.223 e. The number of methoxy groups -OCH3 is 1. The second-order valence-corrected chi connectivity index (χ2v) is 3.78. The Morgan fingerprint density at radius 3 is 2.60 bits per heavy atom. The quantitative estimate of drug-likeness (QED) is 0.792. The molecule has 1 heterocycles. The summed E-state index contributed by atoms with van der Waals surface area (Å²) in [5, 5.41) is 0. The molecule has 15 heavy (non-hydrogen) atoms. The van der Waals surface area contributed by atoms with Crippen molar-refractivity contribution in [2.45, 2.75) is 31.9 Å². The molecule has 1 aliphatic rings. The molecule has 0 bridgehead atoms. The van der Waals surface area contributed by atoms with Gasteiger partial charge in [0.05, 0.1) is 12.7 Å². The molecule has 82 valence electrons. The lowest BCUT2D eigenvalue weighted by atomic mass is 9.90. The molecule has 1 aromatic heterocycles. The van der Waals surface area contributed by atoms with Gasteiger partial charge in [-0.15, -0.1) is 0 Å². The van der Waals surface area contributed by atoms with E-state index in [1.807, 2.05) is 6.92 Å². The first kappa shape index (κ1) is 10.2. The van der Waals surface area contributed by atoms with Gasteiger partial charge in [0.15, 0.2) is 0 Å². The first-order chi connectivity index (χ1) is 7.20. The standard InChI is InChI=1S/C10H15N3O2/c1-6-9(14-2)12-5-13-10(6)15-8-3-7(11)4-8/h5,7-8H,3-4,11H2,1-2H3. The molecule has 1 aliphatic carbocycles. The van der Waals surface area contributed by atoms with E-state index in [1.54, 1.807) is 7.11 Å². The molecule has 1 fully saturated rings. The molecule has 0 unspecified atom stereocenters. The monoisotopic (exact) mass is 209 g/mol. The normalized spacial score (nSPS) is 24.5. The van der Waals surface area contributed by atoms with Crippen LogP contribution >= 0.6 is 0 Å². The number of hydrogen-bond donors (Lipinski definition) is 1. The summed E-state index contributed by atoms with van der Waals surface area (Å²) >= 11 is 0. The highest BCUT2D eigenvalue weighted by atomic mass is 16.5. The lowest BCUT2D eigenvalue weighted by molar-refractivity contribution is 0.0943. The molecule has 1 aromatic rings. The summed E-state index contributed by atoms with van der Waals surface area (Å²) in [6, 6.07) is 0.277. The molecular weight excluding hydrogens is 194 g/mol. The Hall–Kier alpha value is -1.36. The van der Waals surface area contributed by atoms with Gasteiger partial charge in [-0.3, -0.25) is 0 Å². The SMILES string of the molecule is COc1ncnc(OC2CC(N)C2)c1C. The van der Waals surface area contributed by atoms with Crippen molar-refractivity contribution in [2.24, 2.45) is 5.73 Å². The predicted octanol–water partition coefficient (Wildman–Crippen LogP) is 0.662. The van der Waals surface area contributed by atoms with Crippen LogP contribution in [0.5, 0.6) is 11.8 Å². The molecular formula is C10H15N3O2. The number of nitrogens with two attached hydrogens (primary N) is 1. The summed E-state index contributed by atoms with van der Waals surface area (Å²) < 4.78 is 10.8. The summed E-state index contributed by atoms with van der Waals surface area (Å²) in [5.41, 5.74) is 6.51. The van der Waals surface area contributed by atoms with E-state index in [0.29, 0.717) is 11.8 Å². The number of aromatic nitrogens is 2. The first-order valence-corrected chi connectivity index (χ1v) is 4.98. The fourth-order valence-electron chi connectivity index (χ4n) is 1.60. The van der Waals surface area contributed by atoms with E-state index in [2.05, 4.69) is 9.97 Å². The van der Waals surface area contributed by atoms with Crippen molar-refractivity contribution in [1.29, 1.82) is 0 Å². The predicted molar refractivity (Wildman–Crippen MR) is 54.9 cm³/mol. The fourth-order valence-corrected chi connectivity index (χ4v) is 1.60. The van der Waals surface area contributed by atoms with Gasteiger partial charge in [0.2, 0.25) is 11.8 Å². The molecule has 0 radical (unpaired) electrons. The lowest BCUT2D eigenvalue weighted by Crippen LogP contribution is -2.43. The maximum atomic E-state index is 5.68. The zero-order valence-electron chi connectivity index (χ0n) is 8.93. The Morgan fingerprint density at radius 2 is 2.00 bits per heavy atom. The molecule has 0 atom stereocenters. The van der Waals surface area contributed by atoms with Gasteiger partial charge >= 0.3 is 0 Å². The number of nitrogens with zero attached hydrogens (tertiary/aromatic N) is 2. The van der Waals surface area contributed by atoms with Crippen LogP contribution in [-0.4, -0.2) is 29.2 Å². The highest BCUT2D eigenvalue weighted by Gasteiger charge is 2.28. The largest absolute Gasteiger partial charge is 0.481 e. The number of hydrogen-bond acceptors (Lipinski definition) is 5. The topological polar surface area (TPSA) is 70.3 Å². The molecule has 2 rings (SSSR count). The van der Waals surface area contributed by atoms with E-state index < -0.39 is 0 Å². The van der Waals surface area contributed by atoms with Gasteiger partial charge in [0.25, 0.3) is 0 Å². The molecule has 5 heteroatoms. The molecule has 0 aromatic carbocycles. The molecule has 1 saturated carbocycles. The van der Waals surface area contributed by atoms with E-state index in [1.165, 1.54) is 6.33 Å². The first-order valence-electron chi connectivity index (χ1n) is 4.98. The third kappa shape index (κ3) is 2.02. The lowest BCUT2D eigenvalue weighted by Gasteiger charge is -2.32. The van der Waals surface area contributed by atoms with Gasteiger partial charge in [-0.25, -0.2) is 9.97 Å². The Kier molecular flexibility index (Phi) is 2.73. The van der Waals surface area contributed by atoms with Crippen molar-refractivity contribution in [3.8, 4) is 11.8 Å². The highest BCUT2D eigenvalue weighted by molar-refractivity contribution is 5.32. The van der Waals surface area contributed by atoms with Gasteiger partial charge in [0.1, 0.15) is 12.4 Å². The van der Waals surface area contributed by atoms with Crippen molar-refractivity contribution in [2.75, 3.05) is 7.11 Å². The van der Waals surface area contributed by atoms with E-state index in [9.17, 15) is 0 Å². The van der Waals surface area contributed by atoms with Gasteiger partial charge in [0, 0.05) is 6.04 Å². The molecule has 0 aliphatic heterocycles. The molecule has 2 N–H and O–H groups in total. The average molecular weight is 209 g/mol. The summed E-state index contributed by atoms with van der Waals surface area (Å²) in [6.07, 6.45) is 3.43. The van der Waals surface area contributed by atoms with Crippen molar-refractivity contribution in [1.82, 2.24) is 9.97 Å². The maximum absolute atomic E-state index is 5.68. The van der Waals surface area contributed by atoms with Crippen LogP contribution in [-0.2, 0) is 0 Å². The van der Waals surface area contributed by atoms with Crippen molar-refractivity contribution in [3.05, 3.63) is 11.9 Å². The van der Waals surface area contributed by atoms with Crippen LogP contribution in [0.4, 0.5) is 0 Å². The fraction of sp³-hybridized carbons (Fsp3) is 0.600. The van der Waals surface area contributed by atoms with Crippen LogP contribution in [0.1, 0.15) is 18.4 Å². The van der Waals surface area contributed by atoms with Gasteiger partial charge < -0.3 is 15.2 Å². The van der Waals surface area contributed by atoms with E-state index >= 15 is 0 Å². The minimum atomic E-state index is 0.193. The van der Waals surface area contributed by atoms with Crippen molar-refractivity contribution >= 4 is 0 Å². The molecule has 0 saturated heterocycles. The van der Waals surface area contributed by atoms with Gasteiger partial charge in [-0.05, 0) is 19.8 Å². The Bertz CT molecular complexity index is 351. The smallest absolute Gasteiger partial charge is 0.223 e. The summed E-state index contributed by atoms with van der Waals surface area (Å²) in [5.74, 6) is 1.15. The van der Waals surface area contributed by atoms with Crippen LogP contribution in [0.15, 0.2) is 6.33 Å². The summed E-state index contributed by atoms with van der Waals surface area (Å²) in [6.45, 7) is 1.88. The van der Waals surface area contributed by atoms with Crippen LogP contribution in [0.25, 0.3) is 0 Å². The average Bonchev–Trinajstić information content (AvgIpc) is 2.18. The Labute approximate surface area is 88.6 Å². The number of rotatable bonds is 3. The molecule has 0 spiro atoms. The minimum Gasteiger partial charge on any atom is -0.481 e. The molecule has 5 nitrogen and oxygen atoms in total. The third-order valence-electron chi connectivity index (χ3n) is 2.59. The van der Waals surface area contributed by atoms with Gasteiger partial charge in [-0.2, -0.15) is 0 Å².